The lowest BCUT2D eigenvalue weighted by atomic mass is 10.1. The van der Waals surface area contributed by atoms with Crippen LogP contribution in [-0.2, 0) is 25.6 Å². The number of hydrogen-bond donors (Lipinski definition) is 0. The number of hydrogen-bond acceptors (Lipinski definition) is 5. The van der Waals surface area contributed by atoms with Gasteiger partial charge in [0.1, 0.15) is 11.5 Å². The number of sulfonamides is 1. The van der Waals surface area contributed by atoms with Crippen LogP contribution in [0.25, 0.3) is 12.2 Å². The van der Waals surface area contributed by atoms with Gasteiger partial charge in [-0.2, -0.15) is 0 Å². The van der Waals surface area contributed by atoms with Gasteiger partial charge in [0.25, 0.3) is 0 Å². The zero-order valence-corrected chi connectivity index (χ0v) is 20.7. The lowest BCUT2D eigenvalue weighted by molar-refractivity contribution is 0.513. The molecule has 0 saturated heterocycles. The Kier molecular flexibility index (Phi) is 7.81. The summed E-state index contributed by atoms with van der Waals surface area (Å²) < 4.78 is 58.4. The fourth-order valence-electron chi connectivity index (χ4n) is 3.43. The summed E-state index contributed by atoms with van der Waals surface area (Å²) >= 11 is 0. The standard InChI is InChI=1S/C25H29NO5S2/c1-4-5-18-26(32(3,27)28)25-23(17-16-21-12-8-6-9-13-21)20(2)24(31-25)19-33(29,30)22-14-10-7-11-15-22/h6-17H,4-5,18-19H2,1-3H3/b17-16+. The van der Waals surface area contributed by atoms with Gasteiger partial charge in [-0.05, 0) is 37.1 Å². The van der Waals surface area contributed by atoms with E-state index in [2.05, 4.69) is 0 Å². The van der Waals surface area contributed by atoms with E-state index in [0.717, 1.165) is 18.2 Å². The first-order valence-corrected chi connectivity index (χ1v) is 14.2. The van der Waals surface area contributed by atoms with Gasteiger partial charge < -0.3 is 4.42 Å². The smallest absolute Gasteiger partial charge is 0.234 e. The molecule has 33 heavy (non-hydrogen) atoms. The predicted octanol–water partition coefficient (Wildman–Crippen LogP) is 5.30. The maximum absolute atomic E-state index is 13.0. The first-order valence-electron chi connectivity index (χ1n) is 10.7. The van der Waals surface area contributed by atoms with Crippen LogP contribution in [0.2, 0.25) is 0 Å². The molecule has 2 aromatic carbocycles. The average Bonchev–Trinajstić information content (AvgIpc) is 3.07. The number of unbranched alkanes of at least 4 members (excludes halogenated alkanes) is 1. The molecule has 1 aromatic heterocycles. The van der Waals surface area contributed by atoms with Crippen molar-refractivity contribution in [2.24, 2.45) is 0 Å². The molecular formula is C25H29NO5S2. The molecule has 0 saturated carbocycles. The molecule has 0 radical (unpaired) electrons. The Morgan fingerprint density at radius 1 is 0.909 bits per heavy atom. The van der Waals surface area contributed by atoms with E-state index in [1.807, 2.05) is 43.3 Å². The van der Waals surface area contributed by atoms with E-state index in [9.17, 15) is 16.8 Å². The van der Waals surface area contributed by atoms with E-state index < -0.39 is 19.9 Å². The Hall–Kier alpha value is -2.84. The molecule has 0 atom stereocenters. The quantitative estimate of drug-likeness (QED) is 0.387. The van der Waals surface area contributed by atoms with Gasteiger partial charge in [-0.1, -0.05) is 68.0 Å². The first kappa shape index (κ1) is 24.8. The van der Waals surface area contributed by atoms with Crippen LogP contribution < -0.4 is 4.31 Å². The first-order chi connectivity index (χ1) is 15.6. The van der Waals surface area contributed by atoms with Gasteiger partial charge >= 0.3 is 0 Å². The van der Waals surface area contributed by atoms with E-state index in [1.165, 1.54) is 16.4 Å². The predicted molar refractivity (Wildman–Crippen MR) is 133 cm³/mol. The normalized spacial score (nSPS) is 12.3. The van der Waals surface area contributed by atoms with Crippen LogP contribution in [0.3, 0.4) is 0 Å². The second kappa shape index (κ2) is 10.4. The van der Waals surface area contributed by atoms with Crippen molar-refractivity contribution < 1.29 is 21.3 Å². The third kappa shape index (κ3) is 6.15. The zero-order chi connectivity index (χ0) is 24.1. The highest BCUT2D eigenvalue weighted by Crippen LogP contribution is 2.35. The van der Waals surface area contributed by atoms with Crippen LogP contribution in [0.1, 0.15) is 42.2 Å². The van der Waals surface area contributed by atoms with Crippen molar-refractivity contribution in [1.29, 1.82) is 0 Å². The molecule has 0 amide bonds. The van der Waals surface area contributed by atoms with E-state index in [4.69, 9.17) is 4.42 Å². The van der Waals surface area contributed by atoms with Crippen LogP contribution in [0.4, 0.5) is 5.88 Å². The van der Waals surface area contributed by atoms with Crippen molar-refractivity contribution in [3.05, 3.63) is 83.1 Å². The third-order valence-corrected chi connectivity index (χ3v) is 8.06. The molecule has 0 unspecified atom stereocenters. The summed E-state index contributed by atoms with van der Waals surface area (Å²) in [6.45, 7) is 3.98. The molecule has 0 N–H and O–H groups in total. The third-order valence-electron chi connectivity index (χ3n) is 5.28. The van der Waals surface area contributed by atoms with E-state index in [0.29, 0.717) is 17.5 Å². The van der Waals surface area contributed by atoms with Crippen LogP contribution in [0.5, 0.6) is 0 Å². The lowest BCUT2D eigenvalue weighted by Crippen LogP contribution is -2.31. The van der Waals surface area contributed by atoms with Crippen molar-refractivity contribution in [3.8, 4) is 0 Å². The van der Waals surface area contributed by atoms with Gasteiger partial charge in [0.2, 0.25) is 15.9 Å². The second-order valence-electron chi connectivity index (χ2n) is 7.87. The molecule has 1 heterocycles. The van der Waals surface area contributed by atoms with Crippen LogP contribution in [0, 0.1) is 6.92 Å². The maximum Gasteiger partial charge on any atom is 0.234 e. The molecule has 0 aliphatic heterocycles. The minimum Gasteiger partial charge on any atom is -0.442 e. The van der Waals surface area contributed by atoms with Crippen molar-refractivity contribution in [3.63, 3.8) is 0 Å². The van der Waals surface area contributed by atoms with Crippen LogP contribution in [0.15, 0.2) is 70.0 Å². The van der Waals surface area contributed by atoms with E-state index in [1.54, 1.807) is 31.2 Å². The van der Waals surface area contributed by atoms with Gasteiger partial charge in [0.05, 0.1) is 11.2 Å². The number of nitrogens with zero attached hydrogens (tertiary/aromatic N) is 1. The maximum atomic E-state index is 13.0. The van der Waals surface area contributed by atoms with Crippen LogP contribution >= 0.6 is 0 Å². The van der Waals surface area contributed by atoms with Crippen LogP contribution in [-0.4, -0.2) is 29.6 Å². The fourth-order valence-corrected chi connectivity index (χ4v) is 5.68. The minimum absolute atomic E-state index is 0.147. The highest BCUT2D eigenvalue weighted by Gasteiger charge is 2.28. The lowest BCUT2D eigenvalue weighted by Gasteiger charge is -2.20. The molecule has 3 rings (SSSR count). The van der Waals surface area contributed by atoms with E-state index >= 15 is 0 Å². The summed E-state index contributed by atoms with van der Waals surface area (Å²) in [5.74, 6) is 0.0149. The molecule has 0 bridgehead atoms. The van der Waals surface area contributed by atoms with Crippen molar-refractivity contribution in [1.82, 2.24) is 0 Å². The van der Waals surface area contributed by atoms with Crippen molar-refractivity contribution in [2.75, 3.05) is 17.1 Å². The monoisotopic (exact) mass is 487 g/mol. The van der Waals surface area contributed by atoms with Gasteiger partial charge in [-0.15, -0.1) is 0 Å². The Labute approximate surface area is 196 Å². The number of sulfone groups is 1. The summed E-state index contributed by atoms with van der Waals surface area (Å²) in [6.07, 6.45) is 6.22. The Morgan fingerprint density at radius 2 is 1.52 bits per heavy atom. The molecule has 6 nitrogen and oxygen atoms in total. The Bertz CT molecular complexity index is 1310. The summed E-state index contributed by atoms with van der Waals surface area (Å²) in [5, 5.41) is 0. The number of anilines is 1. The summed E-state index contributed by atoms with van der Waals surface area (Å²) in [7, 11) is -7.31. The topological polar surface area (TPSA) is 84.7 Å². The van der Waals surface area contributed by atoms with Gasteiger partial charge in [-0.25, -0.2) is 21.1 Å². The Morgan fingerprint density at radius 3 is 2.09 bits per heavy atom. The highest BCUT2D eigenvalue weighted by atomic mass is 32.2. The molecule has 3 aromatic rings. The van der Waals surface area contributed by atoms with Crippen molar-refractivity contribution in [2.45, 2.75) is 37.3 Å². The molecule has 0 aliphatic carbocycles. The molecule has 0 spiro atoms. The highest BCUT2D eigenvalue weighted by molar-refractivity contribution is 7.92. The summed E-state index contributed by atoms with van der Waals surface area (Å²) in [4.78, 5) is 0.190. The number of rotatable bonds is 10. The Balaban J connectivity index is 2.11. The summed E-state index contributed by atoms with van der Waals surface area (Å²) in [5.41, 5.74) is 2.09. The summed E-state index contributed by atoms with van der Waals surface area (Å²) in [6, 6.07) is 17.7. The SMILES string of the molecule is CCCCN(c1oc(CS(=O)(=O)c2ccccc2)c(C)c1/C=C/c1ccccc1)S(C)(=O)=O. The average molecular weight is 488 g/mol. The van der Waals surface area contributed by atoms with Gasteiger partial charge in [0, 0.05) is 17.7 Å². The zero-order valence-electron chi connectivity index (χ0n) is 19.1. The molecule has 8 heteroatoms. The minimum atomic E-state index is -3.67. The molecule has 0 fully saturated rings. The number of benzene rings is 2. The molecular weight excluding hydrogens is 458 g/mol. The molecule has 0 aliphatic rings. The molecule has 176 valence electrons. The van der Waals surface area contributed by atoms with Gasteiger partial charge in [-0.3, -0.25) is 0 Å². The van der Waals surface area contributed by atoms with E-state index in [-0.39, 0.29) is 28.8 Å². The van der Waals surface area contributed by atoms with Gasteiger partial charge in [0.15, 0.2) is 9.84 Å². The number of furan rings is 1. The largest absolute Gasteiger partial charge is 0.442 e. The fraction of sp³-hybridized carbons (Fsp3) is 0.280. The second-order valence-corrected chi connectivity index (χ2v) is 11.8. The van der Waals surface area contributed by atoms with Crippen molar-refractivity contribution >= 4 is 37.9 Å².